The van der Waals surface area contributed by atoms with Gasteiger partial charge in [0.05, 0.1) is 6.54 Å². The molecule has 3 N–H and O–H groups in total. The Bertz CT molecular complexity index is 2030. The Labute approximate surface area is 250 Å². The molecule has 5 nitrogen and oxygen atoms in total. The average molecular weight is 559 g/mol. The first-order valence-electron chi connectivity index (χ1n) is 14.3. The molecule has 0 fully saturated rings. The SMILES string of the molecule is NC(=NN(Cc1ccccc1)Nc1c(-c2ccccc2)ccc2c1oc1ccccc12)c1cccc(-c2ccccc2)c1. The number of nitrogens with zero attached hydrogens (tertiary/aromatic N) is 2. The highest BCUT2D eigenvalue weighted by molar-refractivity contribution is 6.11. The quantitative estimate of drug-likeness (QED) is 0.111. The largest absolute Gasteiger partial charge is 0.454 e. The fourth-order valence-electron chi connectivity index (χ4n) is 5.42. The highest BCUT2D eigenvalue weighted by Gasteiger charge is 2.18. The molecule has 0 aliphatic heterocycles. The first-order valence-corrected chi connectivity index (χ1v) is 14.3. The van der Waals surface area contributed by atoms with E-state index in [-0.39, 0.29) is 0 Å². The van der Waals surface area contributed by atoms with Crippen molar-refractivity contribution in [1.29, 1.82) is 0 Å². The minimum absolute atomic E-state index is 0.402. The molecule has 0 atom stereocenters. The second-order valence-corrected chi connectivity index (χ2v) is 10.4. The van der Waals surface area contributed by atoms with Crippen LogP contribution in [0.4, 0.5) is 5.69 Å². The Kier molecular flexibility index (Phi) is 7.04. The minimum Gasteiger partial charge on any atom is -0.454 e. The van der Waals surface area contributed by atoms with Crippen LogP contribution in [-0.2, 0) is 6.54 Å². The predicted octanol–water partition coefficient (Wildman–Crippen LogP) is 9.07. The molecule has 0 radical (unpaired) electrons. The zero-order chi connectivity index (χ0) is 29.0. The molecule has 208 valence electrons. The highest BCUT2D eigenvalue weighted by Crippen LogP contribution is 2.40. The van der Waals surface area contributed by atoms with Crippen LogP contribution in [0, 0.1) is 0 Å². The number of rotatable bonds is 8. The van der Waals surface area contributed by atoms with Gasteiger partial charge >= 0.3 is 0 Å². The maximum absolute atomic E-state index is 6.72. The monoisotopic (exact) mass is 558 g/mol. The van der Waals surface area contributed by atoms with Gasteiger partial charge in [0, 0.05) is 21.9 Å². The predicted molar refractivity (Wildman–Crippen MR) is 177 cm³/mol. The minimum atomic E-state index is 0.402. The molecular formula is C38H30N4O. The normalized spacial score (nSPS) is 11.6. The van der Waals surface area contributed by atoms with Crippen LogP contribution in [0.2, 0.25) is 0 Å². The third-order valence-corrected chi connectivity index (χ3v) is 7.54. The Morgan fingerprint density at radius 1 is 0.628 bits per heavy atom. The molecule has 0 aliphatic carbocycles. The molecule has 0 saturated heterocycles. The summed E-state index contributed by atoms with van der Waals surface area (Å²) in [6.07, 6.45) is 0. The molecule has 1 heterocycles. The number of hydrogen-bond donors (Lipinski definition) is 2. The summed E-state index contributed by atoms with van der Waals surface area (Å²) in [5.74, 6) is 0.402. The van der Waals surface area contributed by atoms with Crippen LogP contribution < -0.4 is 11.2 Å². The molecule has 6 aromatic carbocycles. The molecule has 0 amide bonds. The van der Waals surface area contributed by atoms with E-state index in [1.165, 1.54) is 0 Å². The summed E-state index contributed by atoms with van der Waals surface area (Å²) in [5, 5.41) is 8.84. The topological polar surface area (TPSA) is 66.8 Å². The Hall–Kier alpha value is -5.81. The molecule has 0 spiro atoms. The molecule has 7 rings (SSSR count). The van der Waals surface area contributed by atoms with Crippen LogP contribution in [0.5, 0.6) is 0 Å². The number of hydrazone groups is 1. The molecule has 5 heteroatoms. The molecule has 0 unspecified atom stereocenters. The number of para-hydroxylation sites is 1. The summed E-state index contributed by atoms with van der Waals surface area (Å²) in [7, 11) is 0. The number of hydrogen-bond acceptors (Lipinski definition) is 4. The maximum Gasteiger partial charge on any atom is 0.160 e. The third-order valence-electron chi connectivity index (χ3n) is 7.54. The van der Waals surface area contributed by atoms with Gasteiger partial charge in [0.1, 0.15) is 11.3 Å². The van der Waals surface area contributed by atoms with E-state index in [2.05, 4.69) is 72.2 Å². The van der Waals surface area contributed by atoms with Crippen molar-refractivity contribution in [3.63, 3.8) is 0 Å². The van der Waals surface area contributed by atoms with Gasteiger partial charge in [-0.15, -0.1) is 5.10 Å². The summed E-state index contributed by atoms with van der Waals surface area (Å²) >= 11 is 0. The Morgan fingerprint density at radius 2 is 1.28 bits per heavy atom. The number of furan rings is 1. The Morgan fingerprint density at radius 3 is 2.05 bits per heavy atom. The number of nitrogens with two attached hydrogens (primary N) is 1. The first-order chi connectivity index (χ1) is 21.2. The van der Waals surface area contributed by atoms with Crippen LogP contribution in [-0.4, -0.2) is 11.0 Å². The second kappa shape index (κ2) is 11.6. The summed E-state index contributed by atoms with van der Waals surface area (Å²) in [4.78, 5) is 0. The molecule has 7 aromatic rings. The van der Waals surface area contributed by atoms with Gasteiger partial charge in [-0.1, -0.05) is 133 Å². The van der Waals surface area contributed by atoms with Gasteiger partial charge in [-0.05, 0) is 40.5 Å². The van der Waals surface area contributed by atoms with Crippen molar-refractivity contribution in [1.82, 2.24) is 5.12 Å². The second-order valence-electron chi connectivity index (χ2n) is 10.4. The lowest BCUT2D eigenvalue weighted by atomic mass is 10.0. The van der Waals surface area contributed by atoms with Gasteiger partial charge in [-0.3, -0.25) is 5.43 Å². The van der Waals surface area contributed by atoms with Gasteiger partial charge in [-0.2, -0.15) is 0 Å². The summed E-state index contributed by atoms with van der Waals surface area (Å²) in [6, 6.07) is 51.3. The molecule has 1 aromatic heterocycles. The van der Waals surface area contributed by atoms with E-state index in [1.807, 2.05) is 84.9 Å². The van der Waals surface area contributed by atoms with Crippen molar-refractivity contribution in [3.05, 3.63) is 163 Å². The molecule has 0 aliphatic rings. The van der Waals surface area contributed by atoms with Crippen LogP contribution >= 0.6 is 0 Å². The van der Waals surface area contributed by atoms with Gasteiger partial charge in [0.25, 0.3) is 0 Å². The zero-order valence-electron chi connectivity index (χ0n) is 23.5. The Balaban J connectivity index is 1.35. The number of amidine groups is 1. The molecule has 0 bridgehead atoms. The van der Waals surface area contributed by atoms with Gasteiger partial charge in [0.2, 0.25) is 0 Å². The van der Waals surface area contributed by atoms with E-state index in [4.69, 9.17) is 15.3 Å². The number of hydrazine groups is 1. The fourth-order valence-corrected chi connectivity index (χ4v) is 5.42. The lowest BCUT2D eigenvalue weighted by molar-refractivity contribution is 0.341. The van der Waals surface area contributed by atoms with Crippen molar-refractivity contribution in [2.75, 3.05) is 5.43 Å². The van der Waals surface area contributed by atoms with Crippen LogP contribution in [0.15, 0.2) is 161 Å². The molecule has 0 saturated carbocycles. The van der Waals surface area contributed by atoms with E-state index in [9.17, 15) is 0 Å². The van der Waals surface area contributed by atoms with E-state index < -0.39 is 0 Å². The summed E-state index contributed by atoms with van der Waals surface area (Å²) < 4.78 is 6.48. The van der Waals surface area contributed by atoms with E-state index in [1.54, 1.807) is 5.12 Å². The van der Waals surface area contributed by atoms with Crippen LogP contribution in [0.1, 0.15) is 11.1 Å². The van der Waals surface area contributed by atoms with Crippen molar-refractivity contribution >= 4 is 33.5 Å². The number of nitrogens with one attached hydrogen (secondary N) is 1. The van der Waals surface area contributed by atoms with Crippen molar-refractivity contribution < 1.29 is 4.42 Å². The lowest BCUT2D eigenvalue weighted by Gasteiger charge is -2.24. The van der Waals surface area contributed by atoms with Crippen LogP contribution in [0.25, 0.3) is 44.2 Å². The van der Waals surface area contributed by atoms with E-state index >= 15 is 0 Å². The molecule has 43 heavy (non-hydrogen) atoms. The third kappa shape index (κ3) is 5.44. The summed E-state index contributed by atoms with van der Waals surface area (Å²) in [5.41, 5.74) is 19.0. The fraction of sp³-hybridized carbons (Fsp3) is 0.0263. The van der Waals surface area contributed by atoms with Crippen molar-refractivity contribution in [3.8, 4) is 22.3 Å². The number of benzene rings is 6. The smallest absolute Gasteiger partial charge is 0.160 e. The maximum atomic E-state index is 6.72. The first kappa shape index (κ1) is 26.1. The zero-order valence-corrected chi connectivity index (χ0v) is 23.5. The highest BCUT2D eigenvalue weighted by atomic mass is 16.3. The number of anilines is 1. The average Bonchev–Trinajstić information content (AvgIpc) is 3.45. The van der Waals surface area contributed by atoms with Crippen molar-refractivity contribution in [2.45, 2.75) is 6.54 Å². The van der Waals surface area contributed by atoms with Gasteiger partial charge in [0.15, 0.2) is 11.4 Å². The lowest BCUT2D eigenvalue weighted by Crippen LogP contribution is -2.29. The van der Waals surface area contributed by atoms with Gasteiger partial charge < -0.3 is 10.2 Å². The van der Waals surface area contributed by atoms with Crippen LogP contribution in [0.3, 0.4) is 0 Å². The number of fused-ring (bicyclic) bond motifs is 3. The van der Waals surface area contributed by atoms with Gasteiger partial charge in [-0.25, -0.2) is 5.12 Å². The standard InChI is InChI=1S/C38H30N4O/c39-38(31-20-12-19-30(25-31)28-15-6-2-7-16-28)41-42(26-27-13-4-1-5-14-27)40-36-32(29-17-8-3-9-18-29)23-24-34-33-21-10-11-22-35(33)43-37(34)36/h1-25,40H,26H2,(H2,39,41). The van der Waals surface area contributed by atoms with E-state index in [0.717, 1.165) is 61.0 Å². The van der Waals surface area contributed by atoms with E-state index in [0.29, 0.717) is 12.4 Å². The summed E-state index contributed by atoms with van der Waals surface area (Å²) in [6.45, 7) is 0.477. The molecular weight excluding hydrogens is 528 g/mol. The van der Waals surface area contributed by atoms with Crippen molar-refractivity contribution in [2.24, 2.45) is 10.8 Å².